The fourth-order valence-electron chi connectivity index (χ4n) is 5.43. The Hall–Kier alpha value is -3.97. The van der Waals surface area contributed by atoms with Crippen molar-refractivity contribution in [3.05, 3.63) is 66.0 Å². The van der Waals surface area contributed by atoms with Gasteiger partial charge in [-0.25, -0.2) is 14.4 Å². The van der Waals surface area contributed by atoms with Crippen molar-refractivity contribution < 1.29 is 27.1 Å². The Bertz CT molecular complexity index is 1440. The fraction of sp³-hybridized carbons (Fsp3) is 0.433. The van der Waals surface area contributed by atoms with E-state index in [0.717, 1.165) is 12.3 Å². The molecule has 1 aromatic heterocycles. The van der Waals surface area contributed by atoms with E-state index in [1.54, 1.807) is 0 Å². The summed E-state index contributed by atoms with van der Waals surface area (Å²) in [6.45, 7) is 11.1. The first kappa shape index (κ1) is 30.5. The molecule has 43 heavy (non-hydrogen) atoms. The number of amides is 1. The van der Waals surface area contributed by atoms with Crippen molar-refractivity contribution in [2.24, 2.45) is 0 Å². The topological polar surface area (TPSA) is 77.1 Å². The highest BCUT2D eigenvalue weighted by Gasteiger charge is 2.40. The number of ether oxygens (including phenoxy) is 1. The first-order valence-corrected chi connectivity index (χ1v) is 14.0. The maximum atomic E-state index is 15.8. The molecule has 0 aliphatic carbocycles. The van der Waals surface area contributed by atoms with Crippen molar-refractivity contribution in [2.45, 2.75) is 32.1 Å². The smallest absolute Gasteiger partial charge is 0.378 e. The van der Waals surface area contributed by atoms with E-state index in [-0.39, 0.29) is 29.0 Å². The third-order valence-corrected chi connectivity index (χ3v) is 8.20. The van der Waals surface area contributed by atoms with Gasteiger partial charge in [0.2, 0.25) is 5.95 Å². The van der Waals surface area contributed by atoms with Crippen molar-refractivity contribution in [2.75, 3.05) is 68.6 Å². The van der Waals surface area contributed by atoms with Gasteiger partial charge in [0.25, 0.3) is 5.91 Å². The van der Waals surface area contributed by atoms with E-state index in [0.29, 0.717) is 56.6 Å². The lowest BCUT2D eigenvalue weighted by atomic mass is 10.00. The van der Waals surface area contributed by atoms with Gasteiger partial charge in [0.15, 0.2) is 0 Å². The summed E-state index contributed by atoms with van der Waals surface area (Å²) in [5, 5.41) is 2.67. The number of morpholine rings is 1. The minimum atomic E-state index is -4.79. The molecule has 1 aromatic carbocycles. The van der Waals surface area contributed by atoms with Gasteiger partial charge in [0.1, 0.15) is 5.82 Å². The van der Waals surface area contributed by atoms with Crippen LogP contribution in [0.25, 0.3) is 11.1 Å². The van der Waals surface area contributed by atoms with E-state index in [4.69, 9.17) is 4.74 Å². The number of carbonyl (C=O) groups is 1. The number of carbonyl (C=O) groups excluding carboxylic acids is 1. The molecular formula is C30H35F4N7O2. The molecule has 0 spiro atoms. The van der Waals surface area contributed by atoms with Gasteiger partial charge in [-0.15, -0.1) is 0 Å². The van der Waals surface area contributed by atoms with Crippen LogP contribution in [0, 0.1) is 5.82 Å². The second-order valence-corrected chi connectivity index (χ2v) is 11.1. The van der Waals surface area contributed by atoms with E-state index < -0.39 is 29.0 Å². The average molecular weight is 602 g/mol. The molecule has 9 nitrogen and oxygen atoms in total. The Kier molecular flexibility index (Phi) is 8.48. The van der Waals surface area contributed by atoms with Gasteiger partial charge in [-0.1, -0.05) is 6.58 Å². The van der Waals surface area contributed by atoms with Crippen LogP contribution in [-0.2, 0) is 9.53 Å². The van der Waals surface area contributed by atoms with Gasteiger partial charge in [-0.3, -0.25) is 9.69 Å². The minimum absolute atomic E-state index is 0.0922. The van der Waals surface area contributed by atoms with Crippen LogP contribution in [0.4, 0.5) is 34.9 Å². The maximum Gasteiger partial charge on any atom is 0.417 e. The van der Waals surface area contributed by atoms with E-state index in [1.165, 1.54) is 36.5 Å². The number of hydrogen-bond acceptors (Lipinski definition) is 8. The van der Waals surface area contributed by atoms with Gasteiger partial charge >= 0.3 is 6.18 Å². The molecule has 0 radical (unpaired) electrons. The highest BCUT2D eigenvalue weighted by atomic mass is 19.4. The summed E-state index contributed by atoms with van der Waals surface area (Å²) < 4.78 is 63.0. The predicted octanol–water partition coefficient (Wildman–Crippen LogP) is 4.42. The molecule has 2 fully saturated rings. The van der Waals surface area contributed by atoms with E-state index in [9.17, 15) is 18.0 Å². The molecule has 2 atom stereocenters. The molecule has 0 unspecified atom stereocenters. The number of nitrogens with one attached hydrogen (secondary N) is 1. The summed E-state index contributed by atoms with van der Waals surface area (Å²) in [5.74, 6) is -1.06. The molecular weight excluding hydrogens is 566 g/mol. The second kappa shape index (κ2) is 12.0. The van der Waals surface area contributed by atoms with Crippen LogP contribution in [0.15, 0.2) is 60.2 Å². The van der Waals surface area contributed by atoms with Gasteiger partial charge in [0, 0.05) is 80.7 Å². The lowest BCUT2D eigenvalue weighted by Crippen LogP contribution is -2.55. The number of benzene rings is 1. The number of halogens is 4. The van der Waals surface area contributed by atoms with Crippen LogP contribution in [0.5, 0.6) is 0 Å². The zero-order chi connectivity index (χ0) is 31.1. The molecule has 4 heterocycles. The highest BCUT2D eigenvalue weighted by molar-refractivity contribution is 6.09. The monoisotopic (exact) mass is 601 g/mol. The van der Waals surface area contributed by atoms with Crippen molar-refractivity contribution in [3.63, 3.8) is 0 Å². The Morgan fingerprint density at radius 2 is 1.67 bits per heavy atom. The lowest BCUT2D eigenvalue weighted by Gasteiger charge is -2.44. The molecule has 1 N–H and O–H groups in total. The fourth-order valence-corrected chi connectivity index (χ4v) is 5.43. The quantitative estimate of drug-likeness (QED) is 0.505. The molecule has 2 aromatic rings. The van der Waals surface area contributed by atoms with Crippen molar-refractivity contribution in [3.8, 4) is 11.1 Å². The molecule has 3 aliphatic heterocycles. The van der Waals surface area contributed by atoms with E-state index >= 15 is 4.39 Å². The van der Waals surface area contributed by atoms with Crippen LogP contribution < -0.4 is 15.1 Å². The standard InChI is InChI=1S/C30H35F4N7O2/c1-18-10-24(30(32,33)34)23(17-38(18)4)28(42)37-26-11-22(21-13-35-29(36-14-21)40-6-8-43-9-7-40)25(31)12-27(26)41-15-19(2)39(5)20(3)16-41/h10-14,17,19-20H,1,6-9,15-16H2,2-5H3,(H,37,42)/t19-,20+. The number of nitrogens with zero attached hydrogens (tertiary/aromatic N) is 6. The van der Waals surface area contributed by atoms with Crippen molar-refractivity contribution in [1.82, 2.24) is 19.8 Å². The SMILES string of the molecule is C=C1C=C(C(F)(F)F)C(C(=O)Nc2cc(-c3cnc(N4CCOCC4)nc3)c(F)cc2N2C[C@@H](C)N(C)[C@@H](C)C2)=CN1C. The summed E-state index contributed by atoms with van der Waals surface area (Å²) in [5.41, 5.74) is -0.563. The lowest BCUT2D eigenvalue weighted by molar-refractivity contribution is -0.115. The Morgan fingerprint density at radius 3 is 2.28 bits per heavy atom. The number of alkyl halides is 3. The number of likely N-dealkylation sites (N-methyl/N-ethyl adjacent to an activating group) is 2. The summed E-state index contributed by atoms with van der Waals surface area (Å²) in [6.07, 6.45) is 0.143. The first-order valence-electron chi connectivity index (χ1n) is 14.0. The predicted molar refractivity (Wildman–Crippen MR) is 157 cm³/mol. The number of allylic oxidation sites excluding steroid dienone is 1. The number of piperazine rings is 1. The number of anilines is 3. The molecule has 0 bridgehead atoms. The van der Waals surface area contributed by atoms with Crippen LogP contribution in [0.3, 0.4) is 0 Å². The molecule has 3 aliphatic rings. The van der Waals surface area contributed by atoms with Crippen LogP contribution in [-0.4, -0.2) is 97.4 Å². The van der Waals surface area contributed by atoms with Gasteiger partial charge in [-0.2, -0.15) is 13.2 Å². The van der Waals surface area contributed by atoms with Gasteiger partial charge in [-0.05, 0) is 39.1 Å². The Morgan fingerprint density at radius 1 is 1.05 bits per heavy atom. The maximum absolute atomic E-state index is 15.8. The number of hydrogen-bond donors (Lipinski definition) is 1. The molecule has 2 saturated heterocycles. The largest absolute Gasteiger partial charge is 0.417 e. The second-order valence-electron chi connectivity index (χ2n) is 11.1. The average Bonchev–Trinajstić information content (AvgIpc) is 2.97. The third kappa shape index (κ3) is 6.37. The number of rotatable bonds is 5. The molecule has 1 amide bonds. The van der Waals surface area contributed by atoms with E-state index in [2.05, 4.69) is 26.8 Å². The third-order valence-electron chi connectivity index (χ3n) is 8.20. The molecule has 230 valence electrons. The van der Waals surface area contributed by atoms with Crippen LogP contribution in [0.1, 0.15) is 13.8 Å². The summed E-state index contributed by atoms with van der Waals surface area (Å²) in [6, 6.07) is 2.97. The normalized spacial score (nSPS) is 22.0. The summed E-state index contributed by atoms with van der Waals surface area (Å²) in [4.78, 5) is 29.8. The van der Waals surface area contributed by atoms with Gasteiger partial charge in [0.05, 0.1) is 35.7 Å². The summed E-state index contributed by atoms with van der Waals surface area (Å²) >= 11 is 0. The Labute approximate surface area is 248 Å². The summed E-state index contributed by atoms with van der Waals surface area (Å²) in [7, 11) is 3.51. The van der Waals surface area contributed by atoms with Gasteiger partial charge < -0.3 is 24.8 Å². The zero-order valence-electron chi connectivity index (χ0n) is 24.6. The highest BCUT2D eigenvalue weighted by Crippen LogP contribution is 2.39. The Balaban J connectivity index is 1.53. The van der Waals surface area contributed by atoms with Crippen LogP contribution >= 0.6 is 0 Å². The van der Waals surface area contributed by atoms with Crippen molar-refractivity contribution >= 4 is 23.2 Å². The van der Waals surface area contributed by atoms with Crippen molar-refractivity contribution in [1.29, 1.82) is 0 Å². The first-order chi connectivity index (χ1) is 20.3. The number of aromatic nitrogens is 2. The minimum Gasteiger partial charge on any atom is -0.378 e. The van der Waals surface area contributed by atoms with Crippen LogP contribution in [0.2, 0.25) is 0 Å². The van der Waals surface area contributed by atoms with E-state index in [1.807, 2.05) is 30.7 Å². The molecule has 5 rings (SSSR count). The molecule has 0 saturated carbocycles. The zero-order valence-corrected chi connectivity index (χ0v) is 24.6. The molecule has 13 heteroatoms.